The molecule has 33 heavy (non-hydrogen) atoms. The molecule has 4 rings (SSSR count). The van der Waals surface area contributed by atoms with Crippen molar-refractivity contribution in [2.75, 3.05) is 32.7 Å². The number of hydrogen-bond acceptors (Lipinski definition) is 4. The van der Waals surface area contributed by atoms with Crippen molar-refractivity contribution in [1.29, 1.82) is 0 Å². The van der Waals surface area contributed by atoms with Crippen molar-refractivity contribution < 1.29 is 9.59 Å². The molecule has 0 aliphatic carbocycles. The van der Waals surface area contributed by atoms with Crippen LogP contribution in [0.1, 0.15) is 55.3 Å². The summed E-state index contributed by atoms with van der Waals surface area (Å²) in [7, 11) is 0. The Morgan fingerprint density at radius 1 is 1.09 bits per heavy atom. The van der Waals surface area contributed by atoms with Crippen LogP contribution in [0.3, 0.4) is 0 Å². The van der Waals surface area contributed by atoms with Crippen molar-refractivity contribution >= 4 is 23.3 Å². The van der Waals surface area contributed by atoms with Gasteiger partial charge >= 0.3 is 6.03 Å². The van der Waals surface area contributed by atoms with E-state index < -0.39 is 0 Å². The van der Waals surface area contributed by atoms with Crippen LogP contribution in [-0.2, 0) is 11.2 Å². The second-order valence-corrected chi connectivity index (χ2v) is 11.4. The number of urea groups is 1. The fourth-order valence-electron chi connectivity index (χ4n) is 4.83. The molecular formula is C26H36N4O2S. The molecule has 3 heterocycles. The molecule has 0 saturated carbocycles. The summed E-state index contributed by atoms with van der Waals surface area (Å²) in [5.74, 6) is 0.147. The van der Waals surface area contributed by atoms with Crippen molar-refractivity contribution in [3.8, 4) is 0 Å². The van der Waals surface area contributed by atoms with E-state index in [1.54, 1.807) is 0 Å². The van der Waals surface area contributed by atoms with E-state index in [4.69, 9.17) is 0 Å². The summed E-state index contributed by atoms with van der Waals surface area (Å²) in [5, 5.41) is 5.21. The van der Waals surface area contributed by atoms with E-state index in [1.165, 1.54) is 21.6 Å². The predicted molar refractivity (Wildman–Crippen MR) is 134 cm³/mol. The molecule has 2 aromatic rings. The number of carbonyl (C=O) groups is 2. The Balaban J connectivity index is 1.44. The summed E-state index contributed by atoms with van der Waals surface area (Å²) in [5.41, 5.74) is 3.54. The molecule has 1 aromatic heterocycles. The number of rotatable bonds is 3. The van der Waals surface area contributed by atoms with Gasteiger partial charge in [-0.25, -0.2) is 4.79 Å². The van der Waals surface area contributed by atoms with Crippen LogP contribution >= 0.6 is 11.3 Å². The van der Waals surface area contributed by atoms with Crippen LogP contribution in [0.15, 0.2) is 35.7 Å². The lowest BCUT2D eigenvalue weighted by atomic mass is 9.92. The van der Waals surface area contributed by atoms with E-state index in [9.17, 15) is 9.59 Å². The fourth-order valence-corrected chi connectivity index (χ4v) is 5.73. The summed E-state index contributed by atoms with van der Waals surface area (Å²) in [4.78, 5) is 33.5. The third-order valence-electron chi connectivity index (χ3n) is 6.52. The van der Waals surface area contributed by atoms with Crippen LogP contribution in [-0.4, -0.2) is 70.9 Å². The molecule has 178 valence electrons. The molecule has 0 spiro atoms. The molecule has 7 heteroatoms. The molecule has 0 bridgehead atoms. The lowest BCUT2D eigenvalue weighted by Crippen LogP contribution is -2.60. The molecule has 0 unspecified atom stereocenters. The number of hydrogen-bond donors (Lipinski definition) is 1. The zero-order valence-corrected chi connectivity index (χ0v) is 21.2. The summed E-state index contributed by atoms with van der Waals surface area (Å²) in [6, 6.07) is 11.0. The molecule has 1 N–H and O–H groups in total. The Kier molecular flexibility index (Phi) is 6.82. The third kappa shape index (κ3) is 5.41. The standard InChI is InChI=1S/C26H36N4O2S/c1-18-6-8-20(9-7-18)24-21-11-15-33-22(21)10-12-29(24)17-23(31)28-13-14-30(19(2)16-28)25(32)27-26(3,4)5/h6-9,11,15,19,24H,10,12-14,16-17H2,1-5H3,(H,27,32)/t19-,24-/m1/s1. The van der Waals surface area contributed by atoms with Crippen molar-refractivity contribution in [2.24, 2.45) is 0 Å². The largest absolute Gasteiger partial charge is 0.338 e. The van der Waals surface area contributed by atoms with Gasteiger partial charge in [-0.2, -0.15) is 0 Å². The maximum atomic E-state index is 13.4. The minimum Gasteiger partial charge on any atom is -0.338 e. The van der Waals surface area contributed by atoms with Gasteiger partial charge in [0, 0.05) is 42.6 Å². The first-order valence-corrected chi connectivity index (χ1v) is 12.7. The Morgan fingerprint density at radius 2 is 1.82 bits per heavy atom. The van der Waals surface area contributed by atoms with Crippen LogP contribution in [0.5, 0.6) is 0 Å². The highest BCUT2D eigenvalue weighted by atomic mass is 32.1. The Morgan fingerprint density at radius 3 is 2.48 bits per heavy atom. The summed E-state index contributed by atoms with van der Waals surface area (Å²) >= 11 is 1.82. The zero-order valence-electron chi connectivity index (χ0n) is 20.4. The molecule has 2 atom stereocenters. The smallest absolute Gasteiger partial charge is 0.318 e. The minimum absolute atomic E-state index is 0.0113. The molecule has 1 aromatic carbocycles. The molecule has 3 amide bonds. The van der Waals surface area contributed by atoms with E-state index in [0.717, 1.165) is 13.0 Å². The molecule has 1 fully saturated rings. The van der Waals surface area contributed by atoms with Gasteiger partial charge in [-0.1, -0.05) is 29.8 Å². The van der Waals surface area contributed by atoms with Crippen molar-refractivity contribution in [3.63, 3.8) is 0 Å². The molecular weight excluding hydrogens is 432 g/mol. The number of aryl methyl sites for hydroxylation is 1. The van der Waals surface area contributed by atoms with E-state index in [-0.39, 0.29) is 29.6 Å². The van der Waals surface area contributed by atoms with Gasteiger partial charge in [0.15, 0.2) is 0 Å². The average Bonchev–Trinajstić information content (AvgIpc) is 3.22. The van der Waals surface area contributed by atoms with Crippen LogP contribution < -0.4 is 5.32 Å². The van der Waals surface area contributed by atoms with Gasteiger partial charge in [-0.15, -0.1) is 11.3 Å². The maximum Gasteiger partial charge on any atom is 0.318 e. The number of piperazine rings is 1. The van der Waals surface area contributed by atoms with Crippen LogP contribution in [0, 0.1) is 6.92 Å². The normalized spacial score (nSPS) is 21.6. The summed E-state index contributed by atoms with van der Waals surface area (Å²) < 4.78 is 0. The van der Waals surface area contributed by atoms with Crippen LogP contribution in [0.4, 0.5) is 4.79 Å². The van der Waals surface area contributed by atoms with Gasteiger partial charge in [0.1, 0.15) is 0 Å². The SMILES string of the molecule is Cc1ccc([C@@H]2c3ccsc3CCN2CC(=O)N2CCN(C(=O)NC(C)(C)C)[C@H](C)C2)cc1. The second-order valence-electron chi connectivity index (χ2n) is 10.4. The van der Waals surface area contributed by atoms with Gasteiger partial charge in [-0.3, -0.25) is 9.69 Å². The number of carbonyl (C=O) groups excluding carboxylic acids is 2. The highest BCUT2D eigenvalue weighted by Crippen LogP contribution is 2.37. The third-order valence-corrected chi connectivity index (χ3v) is 7.52. The zero-order chi connectivity index (χ0) is 23.8. The van der Waals surface area contributed by atoms with Crippen LogP contribution in [0.2, 0.25) is 0 Å². The number of amides is 3. The van der Waals surface area contributed by atoms with Crippen molar-refractivity contribution in [1.82, 2.24) is 20.0 Å². The number of thiophene rings is 1. The monoisotopic (exact) mass is 468 g/mol. The second kappa shape index (κ2) is 9.47. The Hall–Kier alpha value is -2.38. The van der Waals surface area contributed by atoms with Gasteiger partial charge in [0.05, 0.1) is 12.6 Å². The van der Waals surface area contributed by atoms with E-state index in [2.05, 4.69) is 52.9 Å². The van der Waals surface area contributed by atoms with Gasteiger partial charge in [0.2, 0.25) is 5.91 Å². The highest BCUT2D eigenvalue weighted by molar-refractivity contribution is 7.10. The lowest BCUT2D eigenvalue weighted by molar-refractivity contribution is -0.135. The average molecular weight is 469 g/mol. The van der Waals surface area contributed by atoms with E-state index in [0.29, 0.717) is 26.2 Å². The first-order chi connectivity index (χ1) is 15.6. The van der Waals surface area contributed by atoms with E-state index >= 15 is 0 Å². The van der Waals surface area contributed by atoms with Crippen molar-refractivity contribution in [2.45, 2.75) is 58.7 Å². The van der Waals surface area contributed by atoms with Gasteiger partial charge in [-0.05, 0) is 63.6 Å². The molecule has 6 nitrogen and oxygen atoms in total. The highest BCUT2D eigenvalue weighted by Gasteiger charge is 2.35. The van der Waals surface area contributed by atoms with Gasteiger partial charge < -0.3 is 15.1 Å². The predicted octanol–water partition coefficient (Wildman–Crippen LogP) is 4.04. The topological polar surface area (TPSA) is 55.9 Å². The number of benzene rings is 1. The van der Waals surface area contributed by atoms with Gasteiger partial charge in [0.25, 0.3) is 0 Å². The summed E-state index contributed by atoms with van der Waals surface area (Å²) in [6.45, 7) is 13.1. The lowest BCUT2D eigenvalue weighted by Gasteiger charge is -2.42. The number of nitrogens with one attached hydrogen (secondary N) is 1. The van der Waals surface area contributed by atoms with E-state index in [1.807, 2.05) is 48.8 Å². The first-order valence-electron chi connectivity index (χ1n) is 11.9. The molecule has 2 aliphatic rings. The maximum absolute atomic E-state index is 13.4. The molecule has 0 radical (unpaired) electrons. The molecule has 1 saturated heterocycles. The minimum atomic E-state index is -0.274. The fraction of sp³-hybridized carbons (Fsp3) is 0.538. The number of nitrogens with zero attached hydrogens (tertiary/aromatic N) is 3. The Bertz CT molecular complexity index is 994. The Labute approximate surface area is 201 Å². The van der Waals surface area contributed by atoms with Crippen molar-refractivity contribution in [3.05, 3.63) is 57.3 Å². The number of fused-ring (bicyclic) bond motifs is 1. The quantitative estimate of drug-likeness (QED) is 0.740. The van der Waals surface area contributed by atoms with Crippen LogP contribution in [0.25, 0.3) is 0 Å². The first kappa shape index (κ1) is 23.8. The summed E-state index contributed by atoms with van der Waals surface area (Å²) in [6.07, 6.45) is 0.986. The molecule has 2 aliphatic heterocycles.